The second-order valence-electron chi connectivity index (χ2n) is 7.35. The van der Waals surface area contributed by atoms with Crippen LogP contribution in [0.4, 0.5) is 4.39 Å². The lowest BCUT2D eigenvalue weighted by molar-refractivity contribution is -0.127. The van der Waals surface area contributed by atoms with Crippen molar-refractivity contribution in [1.29, 1.82) is 0 Å². The molecule has 0 saturated carbocycles. The molecule has 3 aromatic rings. The molecule has 1 saturated heterocycles. The topological polar surface area (TPSA) is 94.8 Å². The third-order valence-corrected chi connectivity index (χ3v) is 6.33. The van der Waals surface area contributed by atoms with Crippen LogP contribution in [0.15, 0.2) is 52.1 Å². The number of ether oxygens (including phenoxy) is 2. The van der Waals surface area contributed by atoms with Gasteiger partial charge in [0.25, 0.3) is 11.1 Å². The predicted molar refractivity (Wildman–Crippen MR) is 112 cm³/mol. The number of hydrogen-bond donors (Lipinski definition) is 0. The zero-order valence-corrected chi connectivity index (χ0v) is 17.6. The molecule has 0 N–H and O–H groups in total. The van der Waals surface area contributed by atoms with E-state index < -0.39 is 17.0 Å². The number of thioether (sulfide) groups is 1. The zero-order chi connectivity index (χ0) is 22.1. The molecule has 3 heterocycles. The van der Waals surface area contributed by atoms with Gasteiger partial charge in [-0.2, -0.15) is 0 Å². The summed E-state index contributed by atoms with van der Waals surface area (Å²) in [4.78, 5) is 27.2. The van der Waals surface area contributed by atoms with E-state index in [0.29, 0.717) is 42.3 Å². The minimum absolute atomic E-state index is 0.167. The first-order valence-electron chi connectivity index (χ1n) is 10.1. The predicted octanol–water partition coefficient (Wildman–Crippen LogP) is 3.92. The Kier molecular flexibility index (Phi) is 5.52. The van der Waals surface area contributed by atoms with E-state index in [0.717, 1.165) is 18.2 Å². The molecule has 1 aromatic heterocycles. The van der Waals surface area contributed by atoms with Gasteiger partial charge >= 0.3 is 0 Å². The lowest BCUT2D eigenvalue weighted by Crippen LogP contribution is -2.41. The van der Waals surface area contributed by atoms with Crippen molar-refractivity contribution in [2.24, 2.45) is 0 Å². The summed E-state index contributed by atoms with van der Waals surface area (Å²) in [5.41, 5.74) is 0.946. The van der Waals surface area contributed by atoms with E-state index >= 15 is 0 Å². The smallest absolute Gasteiger partial charge is 0.277 e. The van der Waals surface area contributed by atoms with Crippen LogP contribution in [0.3, 0.4) is 0 Å². The molecule has 10 heteroatoms. The van der Waals surface area contributed by atoms with Crippen molar-refractivity contribution in [3.05, 3.63) is 53.8 Å². The molecule has 1 atom stereocenters. The zero-order valence-electron chi connectivity index (χ0n) is 16.8. The molecule has 0 unspecified atom stereocenters. The van der Waals surface area contributed by atoms with Crippen molar-refractivity contribution >= 4 is 23.6 Å². The highest BCUT2D eigenvalue weighted by molar-refractivity contribution is 8.00. The van der Waals surface area contributed by atoms with Gasteiger partial charge in [-0.25, -0.2) is 4.39 Å². The van der Waals surface area contributed by atoms with Crippen LogP contribution in [0.1, 0.15) is 29.6 Å². The van der Waals surface area contributed by atoms with E-state index in [9.17, 15) is 14.0 Å². The van der Waals surface area contributed by atoms with E-state index in [4.69, 9.17) is 13.9 Å². The van der Waals surface area contributed by atoms with Crippen LogP contribution in [0.5, 0.6) is 11.5 Å². The molecule has 2 aliphatic rings. The number of aromatic nitrogens is 2. The number of benzene rings is 2. The van der Waals surface area contributed by atoms with E-state index in [-0.39, 0.29) is 23.5 Å². The van der Waals surface area contributed by atoms with Crippen molar-refractivity contribution in [3.63, 3.8) is 0 Å². The van der Waals surface area contributed by atoms with Gasteiger partial charge in [0.05, 0.1) is 5.25 Å². The summed E-state index contributed by atoms with van der Waals surface area (Å²) in [6, 6.07) is 10.5. The van der Waals surface area contributed by atoms with Crippen LogP contribution in [0, 0.1) is 5.82 Å². The van der Waals surface area contributed by atoms with Gasteiger partial charge in [0.15, 0.2) is 11.5 Å². The number of carbonyl (C=O) groups excluding carboxylic acids is 2. The number of likely N-dealkylation sites (tertiary alicyclic amines) is 1. The van der Waals surface area contributed by atoms with Gasteiger partial charge in [0, 0.05) is 17.7 Å². The third-order valence-electron chi connectivity index (χ3n) is 5.24. The van der Waals surface area contributed by atoms with Gasteiger partial charge in [-0.15, -0.1) is 10.2 Å². The van der Waals surface area contributed by atoms with Gasteiger partial charge < -0.3 is 13.9 Å². The van der Waals surface area contributed by atoms with Gasteiger partial charge in [-0.05, 0) is 55.3 Å². The van der Waals surface area contributed by atoms with Gasteiger partial charge in [0.1, 0.15) is 5.82 Å². The summed E-state index contributed by atoms with van der Waals surface area (Å²) in [6.45, 7) is 0.485. The minimum atomic E-state index is -0.535. The maximum atomic E-state index is 13.2. The molecule has 0 radical (unpaired) electrons. The number of amides is 2. The second kappa shape index (κ2) is 8.62. The minimum Gasteiger partial charge on any atom is -0.454 e. The Morgan fingerprint density at radius 1 is 1.06 bits per heavy atom. The quantitative estimate of drug-likeness (QED) is 0.547. The van der Waals surface area contributed by atoms with E-state index in [1.165, 1.54) is 29.2 Å². The van der Waals surface area contributed by atoms with Crippen molar-refractivity contribution in [2.75, 3.05) is 13.3 Å². The SMILES string of the molecule is O=C(c1ccc(F)cc1)N1CCCC[C@H](Sc2nnc(-c3ccc4c(c3)OCO4)o2)C1=O. The number of imide groups is 1. The monoisotopic (exact) mass is 455 g/mol. The van der Waals surface area contributed by atoms with Crippen molar-refractivity contribution in [1.82, 2.24) is 15.1 Å². The molecular weight excluding hydrogens is 437 g/mol. The fourth-order valence-electron chi connectivity index (χ4n) is 3.59. The molecule has 5 rings (SSSR count). The van der Waals surface area contributed by atoms with Crippen LogP contribution in [0.25, 0.3) is 11.5 Å². The molecule has 1 fully saturated rings. The summed E-state index contributed by atoms with van der Waals surface area (Å²) in [7, 11) is 0. The molecule has 2 amide bonds. The van der Waals surface area contributed by atoms with Gasteiger partial charge in [-0.1, -0.05) is 18.2 Å². The normalized spacial score (nSPS) is 18.0. The summed E-state index contributed by atoms with van der Waals surface area (Å²) in [5.74, 6) is 0.360. The maximum absolute atomic E-state index is 13.2. The standard InChI is InChI=1S/C22H18FN3O5S/c23-15-7-4-13(5-8-15)20(27)26-10-2-1-3-18(21(26)28)32-22-25-24-19(31-22)14-6-9-16-17(11-14)30-12-29-16/h4-9,11,18H,1-3,10,12H2/t18-/m0/s1. The maximum Gasteiger partial charge on any atom is 0.277 e. The Bertz CT molecular complexity index is 1170. The molecular formula is C22H18FN3O5S. The fourth-order valence-corrected chi connectivity index (χ4v) is 4.56. The van der Waals surface area contributed by atoms with E-state index in [2.05, 4.69) is 10.2 Å². The fraction of sp³-hybridized carbons (Fsp3) is 0.273. The largest absolute Gasteiger partial charge is 0.454 e. The van der Waals surface area contributed by atoms with Crippen LogP contribution in [0.2, 0.25) is 0 Å². The molecule has 2 aliphatic heterocycles. The summed E-state index contributed by atoms with van der Waals surface area (Å²) < 4.78 is 29.6. The van der Waals surface area contributed by atoms with Crippen LogP contribution in [-0.2, 0) is 4.79 Å². The van der Waals surface area contributed by atoms with Crippen LogP contribution >= 0.6 is 11.8 Å². The van der Waals surface area contributed by atoms with Gasteiger partial charge in [0.2, 0.25) is 18.6 Å². The molecule has 0 bridgehead atoms. The number of hydrogen-bond acceptors (Lipinski definition) is 8. The number of nitrogens with zero attached hydrogens (tertiary/aromatic N) is 3. The van der Waals surface area contributed by atoms with Crippen molar-refractivity contribution in [2.45, 2.75) is 29.7 Å². The summed E-state index contributed by atoms with van der Waals surface area (Å²) >= 11 is 1.15. The highest BCUT2D eigenvalue weighted by atomic mass is 32.2. The highest BCUT2D eigenvalue weighted by Crippen LogP contribution is 2.37. The number of rotatable bonds is 4. The molecule has 8 nitrogen and oxygen atoms in total. The van der Waals surface area contributed by atoms with Gasteiger partial charge in [-0.3, -0.25) is 14.5 Å². The third kappa shape index (κ3) is 4.05. The highest BCUT2D eigenvalue weighted by Gasteiger charge is 2.33. The number of fused-ring (bicyclic) bond motifs is 1. The first-order valence-corrected chi connectivity index (χ1v) is 11.0. The Labute approximate surface area is 186 Å². The van der Waals surface area contributed by atoms with E-state index in [1.807, 2.05) is 0 Å². The average molecular weight is 455 g/mol. The summed E-state index contributed by atoms with van der Waals surface area (Å²) in [6.07, 6.45) is 2.06. The Hall–Kier alpha value is -3.40. The summed E-state index contributed by atoms with van der Waals surface area (Å²) in [5, 5.41) is 7.84. The Balaban J connectivity index is 1.32. The lowest BCUT2D eigenvalue weighted by atomic mass is 10.2. The molecule has 32 heavy (non-hydrogen) atoms. The first-order chi connectivity index (χ1) is 15.6. The van der Waals surface area contributed by atoms with Crippen LogP contribution < -0.4 is 9.47 Å². The van der Waals surface area contributed by atoms with Crippen LogP contribution in [-0.4, -0.2) is 45.5 Å². The molecule has 2 aromatic carbocycles. The number of carbonyl (C=O) groups is 2. The first kappa shape index (κ1) is 20.5. The average Bonchev–Trinajstić information content (AvgIpc) is 3.43. The van der Waals surface area contributed by atoms with Crippen molar-refractivity contribution < 1.29 is 27.9 Å². The van der Waals surface area contributed by atoms with Crippen molar-refractivity contribution in [3.8, 4) is 23.0 Å². The molecule has 164 valence electrons. The molecule has 0 aliphatic carbocycles. The lowest BCUT2D eigenvalue weighted by Gasteiger charge is -2.21. The van der Waals surface area contributed by atoms with E-state index in [1.54, 1.807) is 18.2 Å². The Morgan fingerprint density at radius 2 is 1.88 bits per heavy atom. The Morgan fingerprint density at radius 3 is 2.72 bits per heavy atom. The number of halogens is 1. The molecule has 0 spiro atoms. The second-order valence-corrected chi connectivity index (χ2v) is 8.50.